The maximum absolute atomic E-state index is 12.1. The van der Waals surface area contributed by atoms with Crippen molar-refractivity contribution in [3.05, 3.63) is 48.3 Å². The number of hydrogen-bond donors (Lipinski definition) is 3. The van der Waals surface area contributed by atoms with E-state index in [1.807, 2.05) is 36.5 Å². The smallest absolute Gasteiger partial charge is 0.252 e. The molecule has 0 saturated heterocycles. The first-order valence-electron chi connectivity index (χ1n) is 9.71. The molecule has 0 aliphatic heterocycles. The minimum Gasteiger partial charge on any atom is -0.399 e. The van der Waals surface area contributed by atoms with Crippen molar-refractivity contribution < 1.29 is 4.79 Å². The Morgan fingerprint density at radius 1 is 1.25 bits per heavy atom. The summed E-state index contributed by atoms with van der Waals surface area (Å²) in [7, 11) is 0. The van der Waals surface area contributed by atoms with Gasteiger partial charge in [-0.25, -0.2) is 4.52 Å². The highest BCUT2D eigenvalue weighted by atomic mass is 16.1. The molecule has 1 fully saturated rings. The van der Waals surface area contributed by atoms with Crippen LogP contribution in [0.3, 0.4) is 0 Å². The molecule has 6 nitrogen and oxygen atoms in total. The normalized spacial score (nSPS) is 21.1. The van der Waals surface area contributed by atoms with Crippen LogP contribution in [0.2, 0.25) is 0 Å². The quantitative estimate of drug-likeness (QED) is 0.600. The number of carbonyl (C=O) groups excluding carboxylic acids is 1. The molecule has 1 aliphatic carbocycles. The number of fused-ring (bicyclic) bond motifs is 1. The highest BCUT2D eigenvalue weighted by Crippen LogP contribution is 2.44. The number of rotatable bonds is 4. The van der Waals surface area contributed by atoms with Gasteiger partial charge in [0.15, 0.2) is 0 Å². The third-order valence-corrected chi connectivity index (χ3v) is 6.50. The molecule has 5 N–H and O–H groups in total. The zero-order valence-corrected chi connectivity index (χ0v) is 16.6. The van der Waals surface area contributed by atoms with Crippen LogP contribution in [0, 0.1) is 11.3 Å². The minimum absolute atomic E-state index is 0.123. The van der Waals surface area contributed by atoms with Gasteiger partial charge in [-0.3, -0.25) is 4.79 Å². The number of nitrogens with zero attached hydrogens (tertiary/aromatic N) is 2. The lowest BCUT2D eigenvalue weighted by Crippen LogP contribution is -2.35. The highest BCUT2D eigenvalue weighted by molar-refractivity contribution is 6.02. The maximum Gasteiger partial charge on any atom is 0.252 e. The summed E-state index contributed by atoms with van der Waals surface area (Å²) in [5.74, 6) is 0.127. The molecule has 4 rings (SSSR count). The third-order valence-electron chi connectivity index (χ3n) is 6.50. The summed E-state index contributed by atoms with van der Waals surface area (Å²) in [6, 6.07) is 10.0. The summed E-state index contributed by atoms with van der Waals surface area (Å²) < 4.78 is 1.79. The number of aromatic nitrogens is 2. The topological polar surface area (TPSA) is 98.4 Å². The summed E-state index contributed by atoms with van der Waals surface area (Å²) >= 11 is 0. The molecule has 1 aromatic carbocycles. The highest BCUT2D eigenvalue weighted by Gasteiger charge is 2.41. The number of hydrogen-bond acceptors (Lipinski definition) is 4. The summed E-state index contributed by atoms with van der Waals surface area (Å²) in [6.07, 6.45) is 5.71. The Bertz CT molecular complexity index is 1050. The fraction of sp³-hybridized carbons (Fsp3) is 0.364. The van der Waals surface area contributed by atoms with E-state index < -0.39 is 5.91 Å². The van der Waals surface area contributed by atoms with Crippen molar-refractivity contribution in [3.63, 3.8) is 0 Å². The van der Waals surface area contributed by atoms with Crippen LogP contribution in [0.15, 0.2) is 42.7 Å². The van der Waals surface area contributed by atoms with Gasteiger partial charge >= 0.3 is 0 Å². The Balaban J connectivity index is 1.83. The van der Waals surface area contributed by atoms with E-state index in [1.54, 1.807) is 10.7 Å². The predicted molar refractivity (Wildman–Crippen MR) is 113 cm³/mol. The van der Waals surface area contributed by atoms with Crippen molar-refractivity contribution in [1.82, 2.24) is 9.61 Å². The first-order chi connectivity index (χ1) is 13.3. The van der Waals surface area contributed by atoms with Crippen molar-refractivity contribution in [3.8, 4) is 11.1 Å². The van der Waals surface area contributed by atoms with Crippen LogP contribution in [-0.4, -0.2) is 21.6 Å². The number of carbonyl (C=O) groups is 1. The molecule has 1 amide bonds. The second kappa shape index (κ2) is 6.55. The maximum atomic E-state index is 12.1. The molecule has 3 aromatic rings. The molecule has 0 spiro atoms. The number of benzene rings is 1. The van der Waals surface area contributed by atoms with Crippen LogP contribution in [0.5, 0.6) is 0 Å². The van der Waals surface area contributed by atoms with E-state index in [0.29, 0.717) is 17.2 Å². The molecular weight excluding hydrogens is 350 g/mol. The number of nitrogens with one attached hydrogen (secondary N) is 1. The van der Waals surface area contributed by atoms with Gasteiger partial charge < -0.3 is 16.8 Å². The minimum atomic E-state index is -0.479. The predicted octanol–water partition coefficient (Wildman–Crippen LogP) is 3.92. The fourth-order valence-corrected chi connectivity index (χ4v) is 4.21. The van der Waals surface area contributed by atoms with Crippen LogP contribution in [0.25, 0.3) is 16.6 Å². The summed E-state index contributed by atoms with van der Waals surface area (Å²) in [5, 5.41) is 8.05. The fourth-order valence-electron chi connectivity index (χ4n) is 4.21. The van der Waals surface area contributed by atoms with Crippen LogP contribution in [-0.2, 0) is 0 Å². The van der Waals surface area contributed by atoms with Crippen molar-refractivity contribution in [2.24, 2.45) is 17.1 Å². The Kier molecular flexibility index (Phi) is 4.29. The molecule has 2 aromatic heterocycles. The van der Waals surface area contributed by atoms with E-state index in [9.17, 15) is 4.79 Å². The molecule has 1 saturated carbocycles. The number of nitrogen functional groups attached to an aromatic ring is 1. The number of nitrogens with two attached hydrogens (primary N) is 2. The van der Waals surface area contributed by atoms with Crippen LogP contribution >= 0.6 is 0 Å². The Morgan fingerprint density at radius 2 is 2.04 bits per heavy atom. The van der Waals surface area contributed by atoms with E-state index in [0.717, 1.165) is 35.2 Å². The molecule has 1 aliphatic rings. The van der Waals surface area contributed by atoms with E-state index in [1.165, 1.54) is 0 Å². The third kappa shape index (κ3) is 2.99. The molecule has 28 heavy (non-hydrogen) atoms. The Morgan fingerprint density at radius 3 is 2.68 bits per heavy atom. The van der Waals surface area contributed by atoms with Gasteiger partial charge in [-0.1, -0.05) is 32.9 Å². The average molecular weight is 377 g/mol. The van der Waals surface area contributed by atoms with Gasteiger partial charge in [-0.15, -0.1) is 0 Å². The number of anilines is 2. The van der Waals surface area contributed by atoms with Gasteiger partial charge in [0.05, 0.1) is 23.0 Å². The molecule has 146 valence electrons. The molecule has 2 heterocycles. The second-order valence-corrected chi connectivity index (χ2v) is 8.48. The number of primary amides is 1. The lowest BCUT2D eigenvalue weighted by molar-refractivity contribution is 0.100. The standard InChI is InChI=1S/C22H27N5O/c1-13-7-8-19(22(13,2)3)26-20-17(21(24)28)11-25-27-12-15(10-18(20)27)14-5-4-6-16(23)9-14/h4-6,9-13,19,26H,7-8,23H2,1-3H3,(H2,24,28)/t13?,19-/m1/s1. The van der Waals surface area contributed by atoms with E-state index in [4.69, 9.17) is 11.5 Å². The number of amides is 1. The van der Waals surface area contributed by atoms with Gasteiger partial charge in [0.2, 0.25) is 0 Å². The molecule has 1 unspecified atom stereocenters. The molecule has 0 radical (unpaired) electrons. The average Bonchev–Trinajstić information content (AvgIpc) is 3.18. The molecule has 0 bridgehead atoms. The van der Waals surface area contributed by atoms with Crippen molar-refractivity contribution in [2.75, 3.05) is 11.1 Å². The van der Waals surface area contributed by atoms with E-state index >= 15 is 0 Å². The summed E-state index contributed by atoms with van der Waals surface area (Å²) in [6.45, 7) is 6.84. The van der Waals surface area contributed by atoms with Gasteiger partial charge in [0.1, 0.15) is 0 Å². The Hall–Kier alpha value is -3.02. The van der Waals surface area contributed by atoms with Crippen LogP contribution in [0.1, 0.15) is 44.0 Å². The van der Waals surface area contributed by atoms with Gasteiger partial charge in [-0.2, -0.15) is 5.10 Å². The SMILES string of the molecule is CC1CC[C@@H](Nc2c(C(N)=O)cnn3cc(-c4cccc(N)c4)cc23)C1(C)C. The van der Waals surface area contributed by atoms with Crippen LogP contribution < -0.4 is 16.8 Å². The van der Waals surface area contributed by atoms with Gasteiger partial charge in [0, 0.05) is 23.5 Å². The van der Waals surface area contributed by atoms with E-state index in [2.05, 4.69) is 31.2 Å². The molecule has 6 heteroatoms. The molecular formula is C22H27N5O. The zero-order chi connectivity index (χ0) is 20.1. The molecule has 2 atom stereocenters. The summed E-state index contributed by atoms with van der Waals surface area (Å²) in [5.41, 5.74) is 16.4. The van der Waals surface area contributed by atoms with Crippen molar-refractivity contribution in [2.45, 2.75) is 39.7 Å². The zero-order valence-electron chi connectivity index (χ0n) is 16.6. The first-order valence-corrected chi connectivity index (χ1v) is 9.71. The monoisotopic (exact) mass is 377 g/mol. The van der Waals surface area contributed by atoms with Crippen molar-refractivity contribution in [1.29, 1.82) is 0 Å². The Labute approximate surface area is 164 Å². The largest absolute Gasteiger partial charge is 0.399 e. The first kappa shape index (κ1) is 18.3. The summed E-state index contributed by atoms with van der Waals surface area (Å²) in [4.78, 5) is 12.1. The lowest BCUT2D eigenvalue weighted by atomic mass is 9.80. The lowest BCUT2D eigenvalue weighted by Gasteiger charge is -2.33. The van der Waals surface area contributed by atoms with Crippen molar-refractivity contribution >= 4 is 22.8 Å². The van der Waals surface area contributed by atoms with Gasteiger partial charge in [-0.05, 0) is 47.9 Å². The van der Waals surface area contributed by atoms with Gasteiger partial charge in [0.25, 0.3) is 5.91 Å². The van der Waals surface area contributed by atoms with E-state index in [-0.39, 0.29) is 11.5 Å². The van der Waals surface area contributed by atoms with Crippen LogP contribution in [0.4, 0.5) is 11.4 Å². The second-order valence-electron chi connectivity index (χ2n) is 8.48.